The van der Waals surface area contributed by atoms with Crippen molar-refractivity contribution in [2.75, 3.05) is 25.0 Å². The predicted molar refractivity (Wildman–Crippen MR) is 111 cm³/mol. The largest absolute Gasteiger partial charge is 0.307 e. The summed E-state index contributed by atoms with van der Waals surface area (Å²) in [7, 11) is 0. The maximum absolute atomic E-state index is 4.74. The third kappa shape index (κ3) is 5.10. The summed E-state index contributed by atoms with van der Waals surface area (Å²) in [5.74, 6) is 1.70. The summed E-state index contributed by atoms with van der Waals surface area (Å²) in [6.45, 7) is 3.39. The van der Waals surface area contributed by atoms with Crippen LogP contribution < -0.4 is 5.32 Å². The van der Waals surface area contributed by atoms with E-state index in [1.54, 1.807) is 18.6 Å². The first-order valence-corrected chi connectivity index (χ1v) is 9.99. The van der Waals surface area contributed by atoms with Crippen molar-refractivity contribution in [3.8, 4) is 0 Å². The van der Waals surface area contributed by atoms with Gasteiger partial charge in [-0.1, -0.05) is 30.3 Å². The molecule has 3 aromatic rings. The molecule has 28 heavy (non-hydrogen) atoms. The van der Waals surface area contributed by atoms with E-state index >= 15 is 0 Å². The third-order valence-electron chi connectivity index (χ3n) is 5.19. The van der Waals surface area contributed by atoms with Gasteiger partial charge in [-0.2, -0.15) is 0 Å². The number of piperidine rings is 1. The molecule has 0 aliphatic carbocycles. The van der Waals surface area contributed by atoms with Gasteiger partial charge in [0.25, 0.3) is 0 Å². The van der Waals surface area contributed by atoms with Gasteiger partial charge in [-0.15, -0.1) is 0 Å². The molecule has 0 saturated carbocycles. The molecule has 0 bridgehead atoms. The van der Waals surface area contributed by atoms with Crippen LogP contribution in [0, 0.1) is 0 Å². The summed E-state index contributed by atoms with van der Waals surface area (Å²) in [5, 5.41) is 3.14. The lowest BCUT2D eigenvalue weighted by molar-refractivity contribution is 0.204. The fourth-order valence-corrected chi connectivity index (χ4v) is 3.79. The second kappa shape index (κ2) is 9.37. The van der Waals surface area contributed by atoms with Crippen molar-refractivity contribution in [1.29, 1.82) is 0 Å². The normalized spacial score (nSPS) is 17.4. The minimum atomic E-state index is 0.455. The van der Waals surface area contributed by atoms with Crippen LogP contribution in [0.1, 0.15) is 36.4 Å². The van der Waals surface area contributed by atoms with Crippen LogP contribution in [-0.4, -0.2) is 44.5 Å². The average molecular weight is 374 g/mol. The molecular weight excluding hydrogens is 348 g/mol. The number of anilines is 2. The van der Waals surface area contributed by atoms with Gasteiger partial charge in [-0.25, -0.2) is 15.0 Å². The van der Waals surface area contributed by atoms with Gasteiger partial charge in [0.1, 0.15) is 0 Å². The highest BCUT2D eigenvalue weighted by Gasteiger charge is 2.22. The van der Waals surface area contributed by atoms with E-state index in [0.29, 0.717) is 17.7 Å². The van der Waals surface area contributed by atoms with Gasteiger partial charge < -0.3 is 10.2 Å². The zero-order chi connectivity index (χ0) is 19.0. The molecule has 2 aromatic heterocycles. The summed E-state index contributed by atoms with van der Waals surface area (Å²) >= 11 is 0. The predicted octanol–water partition coefficient (Wildman–Crippen LogP) is 3.82. The van der Waals surface area contributed by atoms with Crippen LogP contribution in [0.25, 0.3) is 0 Å². The lowest BCUT2D eigenvalue weighted by Crippen LogP contribution is -2.35. The van der Waals surface area contributed by atoms with Crippen molar-refractivity contribution < 1.29 is 0 Å². The van der Waals surface area contributed by atoms with Gasteiger partial charge in [0.15, 0.2) is 5.82 Å². The van der Waals surface area contributed by atoms with Crippen LogP contribution in [0.4, 0.5) is 11.8 Å². The van der Waals surface area contributed by atoms with Gasteiger partial charge >= 0.3 is 0 Å². The third-order valence-corrected chi connectivity index (χ3v) is 5.19. The number of hydrogen-bond acceptors (Lipinski definition) is 6. The van der Waals surface area contributed by atoms with E-state index < -0.39 is 0 Å². The Hall–Kier alpha value is -2.86. The van der Waals surface area contributed by atoms with Crippen LogP contribution in [0.2, 0.25) is 0 Å². The second-order valence-corrected chi connectivity index (χ2v) is 7.25. The van der Waals surface area contributed by atoms with Crippen molar-refractivity contribution in [1.82, 2.24) is 24.8 Å². The van der Waals surface area contributed by atoms with E-state index in [0.717, 1.165) is 25.2 Å². The maximum Gasteiger partial charge on any atom is 0.228 e. The van der Waals surface area contributed by atoms with Crippen LogP contribution in [0.3, 0.4) is 0 Å². The van der Waals surface area contributed by atoms with Crippen molar-refractivity contribution in [2.24, 2.45) is 0 Å². The molecule has 6 heteroatoms. The van der Waals surface area contributed by atoms with E-state index in [-0.39, 0.29) is 0 Å². The summed E-state index contributed by atoms with van der Waals surface area (Å²) in [6.07, 6.45) is 11.5. The quantitative estimate of drug-likeness (QED) is 0.678. The molecule has 1 fully saturated rings. The van der Waals surface area contributed by atoms with E-state index in [1.165, 1.54) is 31.4 Å². The highest BCUT2D eigenvalue weighted by Crippen LogP contribution is 2.26. The Morgan fingerprint density at radius 3 is 2.82 bits per heavy atom. The Morgan fingerprint density at radius 1 is 1.04 bits per heavy atom. The first-order chi connectivity index (χ1) is 13.9. The Balaban J connectivity index is 1.33. The molecule has 1 aliphatic heterocycles. The van der Waals surface area contributed by atoms with Gasteiger partial charge in [0, 0.05) is 31.1 Å². The molecule has 1 atom stereocenters. The maximum atomic E-state index is 4.74. The van der Waals surface area contributed by atoms with Crippen molar-refractivity contribution in [3.05, 3.63) is 72.4 Å². The van der Waals surface area contributed by atoms with Crippen LogP contribution in [0.15, 0.2) is 61.2 Å². The molecule has 0 unspecified atom stereocenters. The molecule has 1 aliphatic rings. The molecule has 6 nitrogen and oxygen atoms in total. The lowest BCUT2D eigenvalue weighted by atomic mass is 9.94. The summed E-state index contributed by atoms with van der Waals surface area (Å²) in [5.41, 5.74) is 2.53. The first kappa shape index (κ1) is 18.5. The summed E-state index contributed by atoms with van der Waals surface area (Å²) in [4.78, 5) is 19.9. The number of nitrogens with one attached hydrogen (secondary N) is 1. The Kier molecular flexibility index (Phi) is 6.19. The number of rotatable bonds is 7. The standard InChI is InChI=1S/C22H26N6/c1-2-6-18(7-3-1)8-4-14-28-15-5-9-19(17-28)20-10-11-25-22(26-20)27-21-16-23-12-13-24-21/h1-3,6-7,10-13,16,19H,4-5,8-9,14-15,17H2,(H,24,25,26,27)/t19-/m1/s1. The summed E-state index contributed by atoms with van der Waals surface area (Å²) < 4.78 is 0. The number of benzene rings is 1. The van der Waals surface area contributed by atoms with Crippen molar-refractivity contribution >= 4 is 11.8 Å². The van der Waals surface area contributed by atoms with Crippen LogP contribution in [0.5, 0.6) is 0 Å². The molecule has 1 aromatic carbocycles. The minimum Gasteiger partial charge on any atom is -0.307 e. The Bertz CT molecular complexity index is 855. The van der Waals surface area contributed by atoms with E-state index in [9.17, 15) is 0 Å². The highest BCUT2D eigenvalue weighted by atomic mass is 15.2. The molecule has 1 saturated heterocycles. The molecule has 1 N–H and O–H groups in total. The SMILES string of the molecule is c1ccc(CCCN2CCC[C@@H](c3ccnc(Nc4cnccn4)n3)C2)cc1. The van der Waals surface area contributed by atoms with Crippen molar-refractivity contribution in [3.63, 3.8) is 0 Å². The topological polar surface area (TPSA) is 66.8 Å². The van der Waals surface area contributed by atoms with Gasteiger partial charge in [0.05, 0.1) is 11.9 Å². The number of aromatic nitrogens is 4. The number of hydrogen-bond donors (Lipinski definition) is 1. The Morgan fingerprint density at radius 2 is 1.96 bits per heavy atom. The zero-order valence-corrected chi connectivity index (χ0v) is 16.0. The minimum absolute atomic E-state index is 0.455. The number of likely N-dealkylation sites (tertiary alicyclic amines) is 1. The van der Waals surface area contributed by atoms with E-state index in [4.69, 9.17) is 4.98 Å². The number of aryl methyl sites for hydroxylation is 1. The van der Waals surface area contributed by atoms with Crippen LogP contribution in [-0.2, 0) is 6.42 Å². The first-order valence-electron chi connectivity index (χ1n) is 9.99. The Labute approximate surface area is 166 Å². The fraction of sp³-hybridized carbons (Fsp3) is 0.364. The van der Waals surface area contributed by atoms with Gasteiger partial charge in [-0.3, -0.25) is 4.98 Å². The van der Waals surface area contributed by atoms with Crippen LogP contribution >= 0.6 is 0 Å². The molecule has 0 amide bonds. The van der Waals surface area contributed by atoms with E-state index in [2.05, 4.69) is 55.5 Å². The molecule has 0 radical (unpaired) electrons. The van der Waals surface area contributed by atoms with Gasteiger partial charge in [0.2, 0.25) is 5.95 Å². The molecule has 4 rings (SSSR count). The van der Waals surface area contributed by atoms with Gasteiger partial charge in [-0.05, 0) is 50.4 Å². The molecule has 3 heterocycles. The average Bonchev–Trinajstić information content (AvgIpc) is 2.76. The number of nitrogens with zero attached hydrogens (tertiary/aromatic N) is 5. The molecule has 144 valence electrons. The lowest BCUT2D eigenvalue weighted by Gasteiger charge is -2.32. The monoisotopic (exact) mass is 374 g/mol. The fourth-order valence-electron chi connectivity index (χ4n) is 3.79. The smallest absolute Gasteiger partial charge is 0.228 e. The molecule has 0 spiro atoms. The van der Waals surface area contributed by atoms with Crippen molar-refractivity contribution in [2.45, 2.75) is 31.6 Å². The molecular formula is C22H26N6. The van der Waals surface area contributed by atoms with E-state index in [1.807, 2.05) is 12.3 Å². The zero-order valence-electron chi connectivity index (χ0n) is 16.0. The summed E-state index contributed by atoms with van der Waals surface area (Å²) in [6, 6.07) is 12.8. The second-order valence-electron chi connectivity index (χ2n) is 7.25. The highest BCUT2D eigenvalue weighted by molar-refractivity contribution is 5.45.